The molecule has 0 saturated carbocycles. The zero-order valence-electron chi connectivity index (χ0n) is 24.4. The van der Waals surface area contributed by atoms with E-state index in [1.807, 2.05) is 0 Å². The SMILES string of the molecule is C1=CCC2C(=C1)N(c1ccccc1)c1ccc(N(c3ccc(-c4ccccc4)cc3)c3ccc(-c4ccccc4)cc3)cc12. The van der Waals surface area contributed by atoms with Gasteiger partial charge in [-0.3, -0.25) is 0 Å². The topological polar surface area (TPSA) is 6.48 Å². The molecule has 2 nitrogen and oxygen atoms in total. The summed E-state index contributed by atoms with van der Waals surface area (Å²) < 4.78 is 0. The van der Waals surface area contributed by atoms with E-state index in [4.69, 9.17) is 0 Å². The highest BCUT2D eigenvalue weighted by Gasteiger charge is 2.35. The van der Waals surface area contributed by atoms with Crippen LogP contribution in [0.5, 0.6) is 0 Å². The predicted molar refractivity (Wildman–Crippen MR) is 185 cm³/mol. The van der Waals surface area contributed by atoms with Gasteiger partial charge in [0.25, 0.3) is 0 Å². The van der Waals surface area contributed by atoms with Crippen molar-refractivity contribution in [1.29, 1.82) is 0 Å². The van der Waals surface area contributed by atoms with Crippen molar-refractivity contribution in [3.8, 4) is 22.3 Å². The monoisotopic (exact) mass is 564 g/mol. The third-order valence-corrected chi connectivity index (χ3v) is 8.76. The Labute approximate surface area is 259 Å². The van der Waals surface area contributed by atoms with E-state index in [-0.39, 0.29) is 0 Å². The fraction of sp³-hybridized carbons (Fsp3) is 0.0476. The summed E-state index contributed by atoms with van der Waals surface area (Å²) in [6.07, 6.45) is 7.78. The van der Waals surface area contributed by atoms with Crippen molar-refractivity contribution < 1.29 is 0 Å². The number of para-hydroxylation sites is 1. The van der Waals surface area contributed by atoms with Crippen molar-refractivity contribution in [3.05, 3.63) is 187 Å². The zero-order chi connectivity index (χ0) is 29.3. The molecule has 0 spiro atoms. The molecule has 2 heteroatoms. The summed E-state index contributed by atoms with van der Waals surface area (Å²) in [5.74, 6) is 0.331. The van der Waals surface area contributed by atoms with Crippen LogP contribution in [0.15, 0.2) is 182 Å². The van der Waals surface area contributed by atoms with E-state index in [9.17, 15) is 0 Å². The number of hydrogen-bond acceptors (Lipinski definition) is 2. The van der Waals surface area contributed by atoms with E-state index < -0.39 is 0 Å². The highest BCUT2D eigenvalue weighted by Crippen LogP contribution is 2.52. The number of anilines is 5. The molecule has 210 valence electrons. The fourth-order valence-electron chi connectivity index (χ4n) is 6.62. The lowest BCUT2D eigenvalue weighted by molar-refractivity contribution is 0.819. The van der Waals surface area contributed by atoms with Gasteiger partial charge in [-0.05, 0) is 94.9 Å². The first-order chi connectivity index (χ1) is 21.8. The Morgan fingerprint density at radius 3 is 1.57 bits per heavy atom. The lowest BCUT2D eigenvalue weighted by Crippen LogP contribution is -2.14. The van der Waals surface area contributed by atoms with Crippen molar-refractivity contribution >= 4 is 28.4 Å². The maximum atomic E-state index is 2.43. The first-order valence-electron chi connectivity index (χ1n) is 15.3. The van der Waals surface area contributed by atoms with Gasteiger partial charge in [0.15, 0.2) is 0 Å². The largest absolute Gasteiger partial charge is 0.313 e. The number of fused-ring (bicyclic) bond motifs is 3. The minimum absolute atomic E-state index is 0.331. The quantitative estimate of drug-likeness (QED) is 0.198. The highest BCUT2D eigenvalue weighted by molar-refractivity contribution is 5.85. The molecule has 1 unspecified atom stereocenters. The predicted octanol–water partition coefficient (Wildman–Crippen LogP) is 11.6. The molecule has 2 aliphatic rings. The van der Waals surface area contributed by atoms with Gasteiger partial charge in [0.2, 0.25) is 0 Å². The van der Waals surface area contributed by atoms with E-state index in [2.05, 4.69) is 186 Å². The number of benzene rings is 6. The second kappa shape index (κ2) is 11.2. The Hall–Kier alpha value is -5.60. The van der Waals surface area contributed by atoms with Crippen molar-refractivity contribution in [1.82, 2.24) is 0 Å². The second-order valence-corrected chi connectivity index (χ2v) is 11.4. The van der Waals surface area contributed by atoms with E-state index in [1.54, 1.807) is 0 Å². The molecule has 0 N–H and O–H groups in total. The van der Waals surface area contributed by atoms with Crippen LogP contribution in [-0.2, 0) is 0 Å². The van der Waals surface area contributed by atoms with Crippen LogP contribution in [0.2, 0.25) is 0 Å². The third-order valence-electron chi connectivity index (χ3n) is 8.76. The van der Waals surface area contributed by atoms with Gasteiger partial charge in [0, 0.05) is 40.1 Å². The molecule has 0 fully saturated rings. The van der Waals surface area contributed by atoms with Gasteiger partial charge in [-0.15, -0.1) is 0 Å². The number of rotatable bonds is 6. The average molecular weight is 565 g/mol. The summed E-state index contributed by atoms with van der Waals surface area (Å²) in [4.78, 5) is 4.82. The summed E-state index contributed by atoms with van der Waals surface area (Å²) in [6.45, 7) is 0. The third kappa shape index (κ3) is 4.71. The maximum absolute atomic E-state index is 2.43. The van der Waals surface area contributed by atoms with Gasteiger partial charge < -0.3 is 9.80 Å². The van der Waals surface area contributed by atoms with Crippen LogP contribution >= 0.6 is 0 Å². The molecule has 8 rings (SSSR count). The Kier molecular flexibility index (Phi) is 6.66. The van der Waals surface area contributed by atoms with Gasteiger partial charge in [0.1, 0.15) is 0 Å². The first kappa shape index (κ1) is 26.1. The van der Waals surface area contributed by atoms with Crippen LogP contribution in [0.3, 0.4) is 0 Å². The molecule has 0 amide bonds. The average Bonchev–Trinajstić information content (AvgIpc) is 3.44. The number of nitrogens with zero attached hydrogens (tertiary/aromatic N) is 2. The van der Waals surface area contributed by atoms with E-state index >= 15 is 0 Å². The lowest BCUT2D eigenvalue weighted by Gasteiger charge is -2.27. The standard InChI is InChI=1S/C42H32N2/c1-4-12-31(13-5-1)33-20-24-36(25-21-33)43(37-26-22-34(23-27-37)32-14-6-2-7-15-32)38-28-29-42-40(30-38)39-18-10-11-19-41(39)44(42)35-16-8-3-9-17-35/h1-17,19-30,39H,18H2. The molecule has 0 radical (unpaired) electrons. The summed E-state index contributed by atoms with van der Waals surface area (Å²) in [5.41, 5.74) is 13.5. The van der Waals surface area contributed by atoms with Crippen molar-refractivity contribution in [3.63, 3.8) is 0 Å². The lowest BCUT2D eigenvalue weighted by atomic mass is 9.91. The Bertz CT molecular complexity index is 1870. The molecule has 1 atom stereocenters. The van der Waals surface area contributed by atoms with Crippen LogP contribution in [0.1, 0.15) is 17.9 Å². The summed E-state index contributed by atoms with van der Waals surface area (Å²) in [5, 5.41) is 0. The summed E-state index contributed by atoms with van der Waals surface area (Å²) in [7, 11) is 0. The summed E-state index contributed by atoms with van der Waals surface area (Å²) in [6, 6.07) is 56.8. The Morgan fingerprint density at radius 1 is 0.500 bits per heavy atom. The highest BCUT2D eigenvalue weighted by atomic mass is 15.2. The molecule has 6 aromatic rings. The van der Waals surface area contributed by atoms with Gasteiger partial charge in [-0.2, -0.15) is 0 Å². The van der Waals surface area contributed by atoms with Crippen LogP contribution < -0.4 is 9.80 Å². The Balaban J connectivity index is 1.23. The number of hydrogen-bond donors (Lipinski definition) is 0. The number of allylic oxidation sites excluding steroid dienone is 4. The van der Waals surface area contributed by atoms with Crippen molar-refractivity contribution in [2.75, 3.05) is 9.80 Å². The minimum atomic E-state index is 0.331. The van der Waals surface area contributed by atoms with Crippen molar-refractivity contribution in [2.24, 2.45) is 0 Å². The fourth-order valence-corrected chi connectivity index (χ4v) is 6.62. The molecule has 44 heavy (non-hydrogen) atoms. The normalized spacial score (nSPS) is 15.0. The van der Waals surface area contributed by atoms with Crippen LogP contribution in [0, 0.1) is 0 Å². The molecule has 6 aromatic carbocycles. The Morgan fingerprint density at radius 2 is 1.00 bits per heavy atom. The molecule has 1 aliphatic heterocycles. The smallest absolute Gasteiger partial charge is 0.0499 e. The van der Waals surface area contributed by atoms with Crippen molar-refractivity contribution in [2.45, 2.75) is 12.3 Å². The molecule has 0 aromatic heterocycles. The van der Waals surface area contributed by atoms with E-state index in [1.165, 1.54) is 44.9 Å². The zero-order valence-corrected chi connectivity index (χ0v) is 24.4. The maximum Gasteiger partial charge on any atom is 0.0499 e. The van der Waals surface area contributed by atoms with Crippen LogP contribution in [0.25, 0.3) is 22.3 Å². The molecule has 0 bridgehead atoms. The van der Waals surface area contributed by atoms with Gasteiger partial charge in [-0.25, -0.2) is 0 Å². The first-order valence-corrected chi connectivity index (χ1v) is 15.3. The van der Waals surface area contributed by atoms with Crippen LogP contribution in [0.4, 0.5) is 28.4 Å². The van der Waals surface area contributed by atoms with Gasteiger partial charge in [0.05, 0.1) is 0 Å². The summed E-state index contributed by atoms with van der Waals surface area (Å²) >= 11 is 0. The minimum Gasteiger partial charge on any atom is -0.313 e. The van der Waals surface area contributed by atoms with Gasteiger partial charge >= 0.3 is 0 Å². The van der Waals surface area contributed by atoms with E-state index in [0.717, 1.165) is 23.5 Å². The molecular weight excluding hydrogens is 532 g/mol. The molecule has 0 saturated heterocycles. The second-order valence-electron chi connectivity index (χ2n) is 11.4. The molecule has 1 aliphatic carbocycles. The van der Waals surface area contributed by atoms with Crippen LogP contribution in [-0.4, -0.2) is 0 Å². The molecule has 1 heterocycles. The van der Waals surface area contributed by atoms with Gasteiger partial charge in [-0.1, -0.05) is 115 Å². The van der Waals surface area contributed by atoms with E-state index in [0.29, 0.717) is 5.92 Å². The molecular formula is C42H32N2.